The van der Waals surface area contributed by atoms with Gasteiger partial charge >= 0.3 is 0 Å². The highest BCUT2D eigenvalue weighted by atomic mass is 79.9. The second kappa shape index (κ2) is 7.09. The van der Waals surface area contributed by atoms with E-state index >= 15 is 0 Å². The van der Waals surface area contributed by atoms with E-state index in [1.54, 1.807) is 0 Å². The zero-order valence-corrected chi connectivity index (χ0v) is 12.7. The highest BCUT2D eigenvalue weighted by Gasteiger charge is 2.16. The fourth-order valence-electron chi connectivity index (χ4n) is 2.06. The van der Waals surface area contributed by atoms with Crippen molar-refractivity contribution in [3.8, 4) is 5.75 Å². The highest BCUT2D eigenvalue weighted by Crippen LogP contribution is 2.31. The van der Waals surface area contributed by atoms with Crippen LogP contribution in [-0.4, -0.2) is 26.4 Å². The van der Waals surface area contributed by atoms with Gasteiger partial charge in [-0.05, 0) is 37.5 Å². The summed E-state index contributed by atoms with van der Waals surface area (Å²) in [5.41, 5.74) is 4.50. The van der Waals surface area contributed by atoms with Crippen molar-refractivity contribution >= 4 is 21.6 Å². The number of benzene rings is 1. The van der Waals surface area contributed by atoms with Gasteiger partial charge in [0.05, 0.1) is 7.11 Å². The minimum Gasteiger partial charge on any atom is -0.383 e. The molecule has 0 unspecified atom stereocenters. The molecule has 0 saturated carbocycles. The zero-order chi connectivity index (χ0) is 13.7. The molecule has 106 valence electrons. The van der Waals surface area contributed by atoms with E-state index in [4.69, 9.17) is 14.4 Å². The Kier molecular flexibility index (Phi) is 5.45. The minimum atomic E-state index is 0.449. The van der Waals surface area contributed by atoms with Gasteiger partial charge in [0.25, 0.3) is 0 Å². The molecule has 0 aliphatic carbocycles. The Morgan fingerprint density at radius 2 is 2.05 bits per heavy atom. The Morgan fingerprint density at radius 1 is 1.32 bits per heavy atom. The molecule has 0 bridgehead atoms. The molecule has 5 nitrogen and oxygen atoms in total. The molecular formula is C13H19BrN2O3. The normalized spacial score (nSPS) is 16.4. The molecule has 1 aromatic rings. The van der Waals surface area contributed by atoms with Crippen LogP contribution in [0.1, 0.15) is 18.4 Å². The smallest absolute Gasteiger partial charge is 0.156 e. The van der Waals surface area contributed by atoms with Crippen LogP contribution in [0.15, 0.2) is 16.6 Å². The summed E-state index contributed by atoms with van der Waals surface area (Å²) in [6.45, 7) is 3.65. The molecular weight excluding hydrogens is 312 g/mol. The van der Waals surface area contributed by atoms with Gasteiger partial charge in [-0.1, -0.05) is 15.9 Å². The third-order valence-corrected chi connectivity index (χ3v) is 3.60. The average molecular weight is 331 g/mol. The molecule has 1 saturated heterocycles. The SMILES string of the molecule is CONOc1cc(Br)cc(NC2CCOCC2)c1C. The molecule has 0 spiro atoms. The van der Waals surface area contributed by atoms with Crippen LogP contribution in [0.2, 0.25) is 0 Å². The summed E-state index contributed by atoms with van der Waals surface area (Å²) in [5, 5.41) is 3.55. The van der Waals surface area contributed by atoms with Gasteiger partial charge in [0, 0.05) is 35.0 Å². The molecule has 1 aliphatic heterocycles. The lowest BCUT2D eigenvalue weighted by molar-refractivity contribution is -0.0800. The number of hydrogen-bond acceptors (Lipinski definition) is 5. The molecule has 0 radical (unpaired) electrons. The first-order valence-electron chi connectivity index (χ1n) is 6.30. The summed E-state index contributed by atoms with van der Waals surface area (Å²) in [7, 11) is 1.51. The Bertz CT molecular complexity index is 423. The monoisotopic (exact) mass is 330 g/mol. The zero-order valence-electron chi connectivity index (χ0n) is 11.2. The van der Waals surface area contributed by atoms with Crippen LogP contribution >= 0.6 is 15.9 Å². The second-order valence-electron chi connectivity index (χ2n) is 4.50. The first-order chi connectivity index (χ1) is 9.20. The second-order valence-corrected chi connectivity index (χ2v) is 5.41. The van der Waals surface area contributed by atoms with Crippen LogP contribution in [0.5, 0.6) is 5.75 Å². The van der Waals surface area contributed by atoms with Crippen molar-refractivity contribution in [1.82, 2.24) is 5.64 Å². The quantitative estimate of drug-likeness (QED) is 0.813. The van der Waals surface area contributed by atoms with Gasteiger partial charge in [-0.2, -0.15) is 0 Å². The van der Waals surface area contributed by atoms with Gasteiger partial charge in [-0.3, -0.25) is 4.84 Å². The van der Waals surface area contributed by atoms with Crippen LogP contribution in [0.25, 0.3) is 0 Å². The molecule has 19 heavy (non-hydrogen) atoms. The molecule has 0 aromatic heterocycles. The van der Waals surface area contributed by atoms with Gasteiger partial charge < -0.3 is 14.9 Å². The van der Waals surface area contributed by atoms with Gasteiger partial charge in [0.15, 0.2) is 5.75 Å². The third kappa shape index (κ3) is 4.07. The van der Waals surface area contributed by atoms with Crippen LogP contribution < -0.4 is 15.8 Å². The van der Waals surface area contributed by atoms with E-state index in [1.165, 1.54) is 7.11 Å². The molecule has 0 atom stereocenters. The molecule has 1 aliphatic rings. The van der Waals surface area contributed by atoms with Crippen LogP contribution in [-0.2, 0) is 9.57 Å². The largest absolute Gasteiger partial charge is 0.383 e. The number of anilines is 1. The number of rotatable bonds is 5. The topological polar surface area (TPSA) is 51.8 Å². The molecule has 1 aromatic carbocycles. The van der Waals surface area contributed by atoms with E-state index in [1.807, 2.05) is 13.0 Å². The average Bonchev–Trinajstić information content (AvgIpc) is 2.42. The first kappa shape index (κ1) is 14.6. The summed E-state index contributed by atoms with van der Waals surface area (Å²) in [5.74, 6) is 0.728. The first-order valence-corrected chi connectivity index (χ1v) is 7.09. The Labute approximate surface area is 121 Å². The summed E-state index contributed by atoms with van der Waals surface area (Å²) in [4.78, 5) is 10.0. The van der Waals surface area contributed by atoms with Crippen LogP contribution in [0.3, 0.4) is 0 Å². The van der Waals surface area contributed by atoms with Crippen LogP contribution in [0.4, 0.5) is 5.69 Å². The Morgan fingerprint density at radius 3 is 2.74 bits per heavy atom. The number of ether oxygens (including phenoxy) is 1. The number of hydrogen-bond donors (Lipinski definition) is 2. The maximum atomic E-state index is 5.37. The summed E-state index contributed by atoms with van der Waals surface area (Å²) < 4.78 is 6.33. The molecule has 0 amide bonds. The van der Waals surface area contributed by atoms with Gasteiger partial charge in [0.2, 0.25) is 0 Å². The maximum absolute atomic E-state index is 5.37. The van der Waals surface area contributed by atoms with E-state index < -0.39 is 0 Å². The van der Waals surface area contributed by atoms with Gasteiger partial charge in [-0.15, -0.1) is 0 Å². The Hall–Kier alpha value is -0.820. The van der Waals surface area contributed by atoms with Crippen LogP contribution in [0, 0.1) is 6.92 Å². The predicted molar refractivity (Wildman–Crippen MR) is 77.1 cm³/mol. The summed E-state index contributed by atoms with van der Waals surface area (Å²) in [6, 6.07) is 4.41. The molecule has 1 heterocycles. The Balaban J connectivity index is 2.11. The molecule has 1 fully saturated rings. The van der Waals surface area contributed by atoms with Crippen molar-refractivity contribution < 1.29 is 14.4 Å². The summed E-state index contributed by atoms with van der Waals surface area (Å²) in [6.07, 6.45) is 2.05. The van der Waals surface area contributed by atoms with E-state index in [0.29, 0.717) is 6.04 Å². The van der Waals surface area contributed by atoms with E-state index in [-0.39, 0.29) is 0 Å². The van der Waals surface area contributed by atoms with Crippen molar-refractivity contribution in [2.24, 2.45) is 0 Å². The van der Waals surface area contributed by atoms with Gasteiger partial charge in [-0.25, -0.2) is 0 Å². The minimum absolute atomic E-state index is 0.449. The van der Waals surface area contributed by atoms with Crippen molar-refractivity contribution in [1.29, 1.82) is 0 Å². The van der Waals surface area contributed by atoms with Crippen molar-refractivity contribution in [2.45, 2.75) is 25.8 Å². The van der Waals surface area contributed by atoms with E-state index in [9.17, 15) is 0 Å². The van der Waals surface area contributed by atoms with Crippen molar-refractivity contribution in [3.05, 3.63) is 22.2 Å². The fraction of sp³-hybridized carbons (Fsp3) is 0.538. The lowest BCUT2D eigenvalue weighted by Crippen LogP contribution is -2.28. The number of nitrogens with one attached hydrogen (secondary N) is 2. The molecule has 2 N–H and O–H groups in total. The fourth-order valence-corrected chi connectivity index (χ4v) is 2.50. The standard InChI is InChI=1S/C13H19BrN2O3/c1-9-12(15-11-3-5-18-6-4-11)7-10(14)8-13(9)19-16-17-2/h7-8,11,15-16H,3-6H2,1-2H3. The predicted octanol–water partition coefficient (Wildman–Crippen LogP) is 2.79. The third-order valence-electron chi connectivity index (χ3n) is 3.14. The van der Waals surface area contributed by atoms with Crippen molar-refractivity contribution in [2.75, 3.05) is 25.6 Å². The number of halogens is 1. The lowest BCUT2D eigenvalue weighted by Gasteiger charge is -2.25. The maximum Gasteiger partial charge on any atom is 0.156 e. The van der Waals surface area contributed by atoms with Crippen molar-refractivity contribution in [3.63, 3.8) is 0 Å². The molecule has 2 rings (SSSR count). The lowest BCUT2D eigenvalue weighted by atomic mass is 10.1. The summed E-state index contributed by atoms with van der Waals surface area (Å²) >= 11 is 3.49. The molecule has 6 heteroatoms. The van der Waals surface area contributed by atoms with E-state index in [2.05, 4.69) is 33.0 Å². The highest BCUT2D eigenvalue weighted by molar-refractivity contribution is 9.10. The van der Waals surface area contributed by atoms with E-state index in [0.717, 1.165) is 47.5 Å². The van der Waals surface area contributed by atoms with Gasteiger partial charge in [0.1, 0.15) is 0 Å².